The van der Waals surface area contributed by atoms with Gasteiger partial charge in [-0.25, -0.2) is 0 Å². The zero-order chi connectivity index (χ0) is 12.5. The molecule has 2 unspecified atom stereocenters. The summed E-state index contributed by atoms with van der Waals surface area (Å²) >= 11 is 0. The van der Waals surface area contributed by atoms with Gasteiger partial charge < -0.3 is 9.88 Å². The third-order valence-electron chi connectivity index (χ3n) is 4.63. The lowest BCUT2D eigenvalue weighted by atomic mass is 9.92. The summed E-state index contributed by atoms with van der Waals surface area (Å²) in [5.41, 5.74) is 0. The minimum atomic E-state index is 0.403. The molecule has 1 saturated carbocycles. The van der Waals surface area contributed by atoms with Gasteiger partial charge in [0.25, 0.3) is 0 Å². The van der Waals surface area contributed by atoms with Crippen molar-refractivity contribution >= 4 is 0 Å². The predicted octanol–water partition coefficient (Wildman–Crippen LogP) is 2.76. The highest BCUT2D eigenvalue weighted by molar-refractivity contribution is 5.06. The van der Waals surface area contributed by atoms with Crippen LogP contribution in [0, 0.1) is 12.8 Å². The zero-order valence-electron chi connectivity index (χ0n) is 11.5. The average Bonchev–Trinajstić information content (AvgIpc) is 2.98. The van der Waals surface area contributed by atoms with Crippen LogP contribution in [0.1, 0.15) is 69.2 Å². The van der Waals surface area contributed by atoms with E-state index < -0.39 is 0 Å². The normalized spacial score (nSPS) is 29.9. The molecular weight excluding hydrogens is 224 g/mol. The molecule has 0 bridgehead atoms. The smallest absolute Gasteiger partial charge is 0.150 e. The lowest BCUT2D eigenvalue weighted by Crippen LogP contribution is -2.35. The number of hydrogen-bond acceptors (Lipinski definition) is 3. The van der Waals surface area contributed by atoms with Crippen LogP contribution in [0.3, 0.4) is 0 Å². The highest BCUT2D eigenvalue weighted by Crippen LogP contribution is 2.35. The van der Waals surface area contributed by atoms with Crippen molar-refractivity contribution < 1.29 is 0 Å². The fourth-order valence-electron chi connectivity index (χ4n) is 3.61. The van der Waals surface area contributed by atoms with Gasteiger partial charge in [0.15, 0.2) is 5.82 Å². The van der Waals surface area contributed by atoms with Crippen molar-refractivity contribution in [2.24, 2.45) is 5.92 Å². The van der Waals surface area contributed by atoms with Gasteiger partial charge in [0.05, 0.1) is 6.04 Å². The third kappa shape index (κ3) is 2.07. The molecule has 1 aliphatic heterocycles. The summed E-state index contributed by atoms with van der Waals surface area (Å²) in [5.74, 6) is 2.95. The van der Waals surface area contributed by atoms with Crippen LogP contribution in [0.5, 0.6) is 0 Å². The van der Waals surface area contributed by atoms with E-state index in [4.69, 9.17) is 0 Å². The van der Waals surface area contributed by atoms with Crippen LogP contribution in [-0.4, -0.2) is 21.3 Å². The van der Waals surface area contributed by atoms with Gasteiger partial charge in [-0.3, -0.25) is 0 Å². The van der Waals surface area contributed by atoms with Gasteiger partial charge in [-0.15, -0.1) is 10.2 Å². The van der Waals surface area contributed by atoms with Gasteiger partial charge in [0, 0.05) is 6.04 Å². The molecule has 2 atom stereocenters. The molecule has 1 N–H and O–H groups in total. The lowest BCUT2D eigenvalue weighted by molar-refractivity contribution is 0.281. The summed E-state index contributed by atoms with van der Waals surface area (Å²) in [6.45, 7) is 5.55. The first-order valence-corrected chi connectivity index (χ1v) is 7.42. The van der Waals surface area contributed by atoms with Crippen molar-refractivity contribution in [1.29, 1.82) is 0 Å². The molecule has 0 amide bonds. The Balaban J connectivity index is 1.91. The van der Waals surface area contributed by atoms with Crippen molar-refractivity contribution in [3.63, 3.8) is 0 Å². The van der Waals surface area contributed by atoms with Crippen molar-refractivity contribution in [3.05, 3.63) is 11.6 Å². The van der Waals surface area contributed by atoms with E-state index in [9.17, 15) is 0 Å². The Morgan fingerprint density at radius 1 is 1.11 bits per heavy atom. The van der Waals surface area contributed by atoms with E-state index in [1.807, 2.05) is 0 Å². The van der Waals surface area contributed by atoms with Gasteiger partial charge in [-0.1, -0.05) is 19.8 Å². The van der Waals surface area contributed by atoms with E-state index in [0.29, 0.717) is 18.0 Å². The summed E-state index contributed by atoms with van der Waals surface area (Å²) in [6, 6.07) is 1.05. The Bertz CT molecular complexity index is 406. The van der Waals surface area contributed by atoms with Crippen LogP contribution in [0.2, 0.25) is 0 Å². The molecule has 4 nitrogen and oxygen atoms in total. The second kappa shape index (κ2) is 5.00. The summed E-state index contributed by atoms with van der Waals surface area (Å²) in [6.07, 6.45) is 7.90. The van der Waals surface area contributed by atoms with Crippen LogP contribution in [0.25, 0.3) is 0 Å². The van der Waals surface area contributed by atoms with E-state index in [2.05, 4.69) is 33.9 Å². The molecule has 1 aromatic rings. The number of piperidine rings is 1. The Hall–Kier alpha value is -0.900. The molecule has 2 heterocycles. The first-order valence-electron chi connectivity index (χ1n) is 7.42. The van der Waals surface area contributed by atoms with Crippen LogP contribution < -0.4 is 5.32 Å². The number of hydrogen-bond donors (Lipinski definition) is 1. The van der Waals surface area contributed by atoms with Gasteiger partial charge in [0.2, 0.25) is 0 Å². The van der Waals surface area contributed by atoms with Gasteiger partial charge >= 0.3 is 0 Å². The molecule has 1 saturated heterocycles. The molecule has 18 heavy (non-hydrogen) atoms. The monoisotopic (exact) mass is 248 g/mol. The molecule has 2 aliphatic rings. The number of nitrogens with one attached hydrogen (secondary N) is 1. The zero-order valence-corrected chi connectivity index (χ0v) is 11.5. The maximum Gasteiger partial charge on any atom is 0.150 e. The summed E-state index contributed by atoms with van der Waals surface area (Å²) in [5, 5.41) is 12.5. The molecule has 100 valence electrons. The Labute approximate surface area is 109 Å². The predicted molar refractivity (Wildman–Crippen MR) is 71.4 cm³/mol. The molecule has 0 radical (unpaired) electrons. The van der Waals surface area contributed by atoms with Crippen LogP contribution in [-0.2, 0) is 0 Å². The van der Waals surface area contributed by atoms with Crippen LogP contribution >= 0.6 is 0 Å². The summed E-state index contributed by atoms with van der Waals surface area (Å²) in [4.78, 5) is 0. The number of nitrogens with zero attached hydrogens (tertiary/aromatic N) is 3. The highest BCUT2D eigenvalue weighted by Gasteiger charge is 2.30. The quantitative estimate of drug-likeness (QED) is 0.875. The van der Waals surface area contributed by atoms with Gasteiger partial charge in [-0.2, -0.15) is 0 Å². The third-order valence-corrected chi connectivity index (χ3v) is 4.63. The molecule has 3 rings (SSSR count). The number of rotatable bonds is 2. The van der Waals surface area contributed by atoms with Crippen molar-refractivity contribution in [2.75, 3.05) is 6.54 Å². The van der Waals surface area contributed by atoms with E-state index in [-0.39, 0.29) is 0 Å². The number of aryl methyl sites for hydroxylation is 1. The molecule has 4 heteroatoms. The number of aromatic nitrogens is 3. The van der Waals surface area contributed by atoms with Crippen molar-refractivity contribution in [3.8, 4) is 0 Å². The SMILES string of the molecule is Cc1nnc(C2NCCCC2C)n1C1CCCC1. The summed E-state index contributed by atoms with van der Waals surface area (Å²) in [7, 11) is 0. The molecule has 0 spiro atoms. The van der Waals surface area contributed by atoms with E-state index in [1.54, 1.807) is 0 Å². The fourth-order valence-corrected chi connectivity index (χ4v) is 3.61. The highest BCUT2D eigenvalue weighted by atomic mass is 15.3. The molecular formula is C14H24N4. The first kappa shape index (κ1) is 12.2. The second-order valence-electron chi connectivity index (χ2n) is 5.97. The maximum atomic E-state index is 4.48. The maximum absolute atomic E-state index is 4.48. The average molecular weight is 248 g/mol. The van der Waals surface area contributed by atoms with Crippen molar-refractivity contribution in [1.82, 2.24) is 20.1 Å². The topological polar surface area (TPSA) is 42.7 Å². The fraction of sp³-hybridized carbons (Fsp3) is 0.857. The van der Waals surface area contributed by atoms with Gasteiger partial charge in [-0.05, 0) is 45.1 Å². The molecule has 2 fully saturated rings. The molecule has 1 aliphatic carbocycles. The summed E-state index contributed by atoms with van der Waals surface area (Å²) < 4.78 is 2.42. The Morgan fingerprint density at radius 3 is 2.61 bits per heavy atom. The standard InChI is InChI=1S/C14H24N4/c1-10-6-5-9-15-13(10)14-17-16-11(2)18(14)12-7-3-4-8-12/h10,12-13,15H,3-9H2,1-2H3. The van der Waals surface area contributed by atoms with E-state index in [1.165, 1.54) is 44.3 Å². The van der Waals surface area contributed by atoms with Gasteiger partial charge in [0.1, 0.15) is 5.82 Å². The lowest BCUT2D eigenvalue weighted by Gasteiger charge is -2.30. The Morgan fingerprint density at radius 2 is 1.89 bits per heavy atom. The van der Waals surface area contributed by atoms with E-state index >= 15 is 0 Å². The minimum Gasteiger partial charge on any atom is -0.311 e. The molecule has 1 aromatic heterocycles. The second-order valence-corrected chi connectivity index (χ2v) is 5.97. The van der Waals surface area contributed by atoms with Crippen LogP contribution in [0.4, 0.5) is 0 Å². The first-order chi connectivity index (χ1) is 8.77. The van der Waals surface area contributed by atoms with Crippen molar-refractivity contribution in [2.45, 2.75) is 64.5 Å². The Kier molecular flexibility index (Phi) is 3.37. The minimum absolute atomic E-state index is 0.403. The molecule has 0 aromatic carbocycles. The largest absolute Gasteiger partial charge is 0.311 e. The van der Waals surface area contributed by atoms with Crippen LogP contribution in [0.15, 0.2) is 0 Å². The van der Waals surface area contributed by atoms with E-state index in [0.717, 1.165) is 12.4 Å².